The Labute approximate surface area is 133 Å². The fourth-order valence-corrected chi connectivity index (χ4v) is 2.15. The van der Waals surface area contributed by atoms with E-state index in [1.807, 2.05) is 74.5 Å². The number of hydrogen-bond acceptors (Lipinski definition) is 2. The van der Waals surface area contributed by atoms with Crippen molar-refractivity contribution in [2.75, 3.05) is 6.61 Å². The van der Waals surface area contributed by atoms with E-state index in [0.29, 0.717) is 6.61 Å². The normalized spacial score (nSPS) is 13.4. The molecule has 1 N–H and O–H groups in total. The van der Waals surface area contributed by atoms with E-state index >= 15 is 0 Å². The van der Waals surface area contributed by atoms with Crippen LogP contribution in [-0.4, -0.2) is 17.8 Å². The monoisotopic (exact) mass is 296 g/mol. The predicted octanol–water partition coefficient (Wildman–Crippen LogP) is 4.30. The first-order valence-electron chi connectivity index (χ1n) is 7.61. The van der Waals surface area contributed by atoms with Crippen LogP contribution >= 0.6 is 0 Å². The van der Waals surface area contributed by atoms with E-state index in [9.17, 15) is 5.11 Å². The average Bonchev–Trinajstić information content (AvgIpc) is 2.56. The molecule has 0 radical (unpaired) electrons. The maximum absolute atomic E-state index is 9.64. The summed E-state index contributed by atoms with van der Waals surface area (Å²) in [5.41, 5.74) is 1.93. The largest absolute Gasteiger partial charge is 0.396 e. The zero-order valence-corrected chi connectivity index (χ0v) is 13.3. The van der Waals surface area contributed by atoms with E-state index in [1.165, 1.54) is 0 Å². The van der Waals surface area contributed by atoms with Crippen LogP contribution in [0, 0.1) is 5.41 Å². The van der Waals surface area contributed by atoms with Crippen molar-refractivity contribution in [1.29, 1.82) is 0 Å². The first-order valence-corrected chi connectivity index (χ1v) is 7.61. The van der Waals surface area contributed by atoms with Gasteiger partial charge in [-0.05, 0) is 11.1 Å². The first kappa shape index (κ1) is 16.5. The van der Waals surface area contributed by atoms with Gasteiger partial charge in [0, 0.05) is 5.41 Å². The molecular formula is C20H24O2. The summed E-state index contributed by atoms with van der Waals surface area (Å²) in [5, 5.41) is 9.64. The van der Waals surface area contributed by atoms with Crippen LogP contribution in [0.15, 0.2) is 66.7 Å². The molecule has 22 heavy (non-hydrogen) atoms. The summed E-state index contributed by atoms with van der Waals surface area (Å²) in [6.45, 7) is 4.63. The molecule has 0 saturated heterocycles. The second kappa shape index (κ2) is 7.92. The van der Waals surface area contributed by atoms with Gasteiger partial charge in [0.15, 0.2) is 0 Å². The highest BCUT2D eigenvalue weighted by Crippen LogP contribution is 2.25. The number of rotatable bonds is 7. The minimum atomic E-state index is -0.333. The molecule has 0 heterocycles. The number of aliphatic hydroxyl groups is 1. The third-order valence-corrected chi connectivity index (χ3v) is 3.71. The molecule has 0 unspecified atom stereocenters. The first-order chi connectivity index (χ1) is 10.6. The quantitative estimate of drug-likeness (QED) is 0.825. The van der Waals surface area contributed by atoms with Crippen molar-refractivity contribution in [1.82, 2.24) is 0 Å². The van der Waals surface area contributed by atoms with Crippen LogP contribution in [0.3, 0.4) is 0 Å². The summed E-state index contributed by atoms with van der Waals surface area (Å²) in [6.07, 6.45) is 3.93. The second-order valence-electron chi connectivity index (χ2n) is 6.13. The maximum Gasteiger partial charge on any atom is 0.0836 e. The molecule has 2 heteroatoms. The molecule has 0 saturated carbocycles. The molecule has 0 aliphatic rings. The summed E-state index contributed by atoms with van der Waals surface area (Å²) in [6, 6.07) is 20.2. The van der Waals surface area contributed by atoms with Gasteiger partial charge < -0.3 is 9.84 Å². The van der Waals surface area contributed by atoms with E-state index in [2.05, 4.69) is 12.1 Å². The summed E-state index contributed by atoms with van der Waals surface area (Å²) in [7, 11) is 0. The Kier molecular flexibility index (Phi) is 5.93. The van der Waals surface area contributed by atoms with Gasteiger partial charge >= 0.3 is 0 Å². The van der Waals surface area contributed by atoms with Gasteiger partial charge in [0.2, 0.25) is 0 Å². The van der Waals surface area contributed by atoms with Crippen molar-refractivity contribution in [3.63, 3.8) is 0 Å². The van der Waals surface area contributed by atoms with Gasteiger partial charge in [-0.25, -0.2) is 0 Å². The van der Waals surface area contributed by atoms with E-state index in [-0.39, 0.29) is 18.1 Å². The molecule has 2 rings (SSSR count). The lowest BCUT2D eigenvalue weighted by atomic mass is 9.87. The van der Waals surface area contributed by atoms with E-state index in [1.54, 1.807) is 0 Å². The molecule has 0 amide bonds. The van der Waals surface area contributed by atoms with Crippen LogP contribution in [0.4, 0.5) is 0 Å². The predicted molar refractivity (Wildman–Crippen MR) is 91.4 cm³/mol. The topological polar surface area (TPSA) is 29.5 Å². The molecule has 2 aromatic rings. The fourth-order valence-electron chi connectivity index (χ4n) is 2.15. The highest BCUT2D eigenvalue weighted by atomic mass is 16.5. The van der Waals surface area contributed by atoms with Crippen molar-refractivity contribution < 1.29 is 9.84 Å². The Morgan fingerprint density at radius 2 is 1.59 bits per heavy atom. The smallest absolute Gasteiger partial charge is 0.0836 e. The Bertz CT molecular complexity index is 573. The molecule has 0 fully saturated rings. The highest BCUT2D eigenvalue weighted by Gasteiger charge is 2.27. The van der Waals surface area contributed by atoms with Crippen LogP contribution in [-0.2, 0) is 11.3 Å². The van der Waals surface area contributed by atoms with Crippen molar-refractivity contribution >= 4 is 6.08 Å². The minimum Gasteiger partial charge on any atom is -0.396 e. The van der Waals surface area contributed by atoms with Gasteiger partial charge in [-0.2, -0.15) is 0 Å². The van der Waals surface area contributed by atoms with E-state index in [0.717, 1.165) is 11.1 Å². The zero-order valence-electron chi connectivity index (χ0n) is 13.3. The third kappa shape index (κ3) is 4.83. The van der Waals surface area contributed by atoms with Gasteiger partial charge in [0.05, 0.1) is 19.3 Å². The van der Waals surface area contributed by atoms with Crippen molar-refractivity contribution in [3.05, 3.63) is 77.9 Å². The Morgan fingerprint density at radius 3 is 2.18 bits per heavy atom. The summed E-state index contributed by atoms with van der Waals surface area (Å²) in [5.74, 6) is 0. The minimum absolute atomic E-state index is 0.0750. The third-order valence-electron chi connectivity index (χ3n) is 3.71. The van der Waals surface area contributed by atoms with Crippen LogP contribution < -0.4 is 0 Å². The van der Waals surface area contributed by atoms with Gasteiger partial charge in [-0.1, -0.05) is 86.7 Å². The summed E-state index contributed by atoms with van der Waals surface area (Å²) >= 11 is 0. The van der Waals surface area contributed by atoms with Gasteiger partial charge in [0.25, 0.3) is 0 Å². The Balaban J connectivity index is 2.08. The highest BCUT2D eigenvalue weighted by molar-refractivity contribution is 5.49. The molecular weight excluding hydrogens is 272 g/mol. The molecule has 116 valence electrons. The molecule has 0 aliphatic heterocycles. The Hall–Kier alpha value is -1.90. The lowest BCUT2D eigenvalue weighted by Gasteiger charge is -2.30. The second-order valence-corrected chi connectivity index (χ2v) is 6.13. The number of benzene rings is 2. The van der Waals surface area contributed by atoms with Gasteiger partial charge in [-0.3, -0.25) is 0 Å². The summed E-state index contributed by atoms with van der Waals surface area (Å²) in [4.78, 5) is 0. The molecule has 1 atom stereocenters. The SMILES string of the molecule is CC(C)(CO)[C@H](/C=C/c1ccccc1)OCc1ccccc1. The maximum atomic E-state index is 9.64. The molecule has 0 bridgehead atoms. The molecule has 0 aliphatic carbocycles. The van der Waals surface area contributed by atoms with Crippen molar-refractivity contribution in [3.8, 4) is 0 Å². The van der Waals surface area contributed by atoms with Gasteiger partial charge in [-0.15, -0.1) is 0 Å². The zero-order chi connectivity index (χ0) is 15.8. The fraction of sp³-hybridized carbons (Fsp3) is 0.300. The molecule has 2 aromatic carbocycles. The number of ether oxygens (including phenoxy) is 1. The Morgan fingerprint density at radius 1 is 1.00 bits per heavy atom. The van der Waals surface area contributed by atoms with Crippen LogP contribution in [0.5, 0.6) is 0 Å². The van der Waals surface area contributed by atoms with Crippen LogP contribution in [0.25, 0.3) is 6.08 Å². The molecule has 0 aromatic heterocycles. The van der Waals surface area contributed by atoms with Gasteiger partial charge in [0.1, 0.15) is 0 Å². The number of aliphatic hydroxyl groups excluding tert-OH is 1. The summed E-state index contributed by atoms with van der Waals surface area (Å²) < 4.78 is 6.06. The molecule has 0 spiro atoms. The van der Waals surface area contributed by atoms with E-state index < -0.39 is 0 Å². The van der Waals surface area contributed by atoms with Crippen molar-refractivity contribution in [2.45, 2.75) is 26.6 Å². The lowest BCUT2D eigenvalue weighted by Crippen LogP contribution is -2.33. The van der Waals surface area contributed by atoms with Crippen LogP contribution in [0.1, 0.15) is 25.0 Å². The van der Waals surface area contributed by atoms with E-state index in [4.69, 9.17) is 4.74 Å². The van der Waals surface area contributed by atoms with Crippen LogP contribution in [0.2, 0.25) is 0 Å². The molecule has 2 nitrogen and oxygen atoms in total. The number of hydrogen-bond donors (Lipinski definition) is 1. The average molecular weight is 296 g/mol. The standard InChI is InChI=1S/C20H24O2/c1-20(2,16-21)19(14-13-17-9-5-3-6-10-17)22-15-18-11-7-4-8-12-18/h3-14,19,21H,15-16H2,1-2H3/b14-13+/t19-/m0/s1. The van der Waals surface area contributed by atoms with Crippen molar-refractivity contribution in [2.24, 2.45) is 5.41 Å². The lowest BCUT2D eigenvalue weighted by molar-refractivity contribution is -0.0285.